The summed E-state index contributed by atoms with van der Waals surface area (Å²) in [5.74, 6) is 0.237. The molecule has 0 aromatic carbocycles. The van der Waals surface area contributed by atoms with Crippen LogP contribution in [0.1, 0.15) is 58.8 Å². The number of amides is 1. The lowest BCUT2D eigenvalue weighted by Gasteiger charge is -2.33. The number of hydrogen-bond acceptors (Lipinski definition) is 3. The van der Waals surface area contributed by atoms with Crippen LogP contribution in [0.3, 0.4) is 0 Å². The molecule has 1 N–H and O–H groups in total. The van der Waals surface area contributed by atoms with E-state index in [2.05, 4.69) is 24.1 Å². The third kappa shape index (κ3) is 4.19. The van der Waals surface area contributed by atoms with E-state index in [0.29, 0.717) is 6.04 Å². The van der Waals surface area contributed by atoms with Crippen molar-refractivity contribution in [3.63, 3.8) is 0 Å². The fraction of sp³-hybridized carbons (Fsp3) is 0.938. The standard InChI is InChI=1S/C16H30N2O2/c1-16(2,20-3)12-18-11-7-10-14(18)15(19)17-13-8-5-4-6-9-13/h13-14H,4-12H2,1-3H3,(H,17,19). The summed E-state index contributed by atoms with van der Waals surface area (Å²) in [6.07, 6.45) is 8.25. The summed E-state index contributed by atoms with van der Waals surface area (Å²) < 4.78 is 5.50. The normalized spacial score (nSPS) is 25.9. The van der Waals surface area contributed by atoms with E-state index in [4.69, 9.17) is 4.74 Å². The highest BCUT2D eigenvalue weighted by molar-refractivity contribution is 5.82. The van der Waals surface area contributed by atoms with Crippen molar-refractivity contribution in [1.82, 2.24) is 10.2 Å². The summed E-state index contributed by atoms with van der Waals surface area (Å²) >= 11 is 0. The van der Waals surface area contributed by atoms with Crippen LogP contribution >= 0.6 is 0 Å². The van der Waals surface area contributed by atoms with Crippen molar-refractivity contribution in [3.8, 4) is 0 Å². The van der Waals surface area contributed by atoms with Crippen LogP contribution in [0.4, 0.5) is 0 Å². The molecule has 0 bridgehead atoms. The summed E-state index contributed by atoms with van der Waals surface area (Å²) in [4.78, 5) is 14.8. The molecule has 0 radical (unpaired) electrons. The highest BCUT2D eigenvalue weighted by Gasteiger charge is 2.35. The quantitative estimate of drug-likeness (QED) is 0.841. The van der Waals surface area contributed by atoms with Gasteiger partial charge in [-0.2, -0.15) is 0 Å². The Morgan fingerprint density at radius 1 is 1.20 bits per heavy atom. The van der Waals surface area contributed by atoms with Gasteiger partial charge in [0.25, 0.3) is 0 Å². The van der Waals surface area contributed by atoms with Crippen molar-refractivity contribution in [3.05, 3.63) is 0 Å². The second-order valence-corrected chi connectivity index (χ2v) is 6.94. The van der Waals surface area contributed by atoms with Crippen molar-refractivity contribution < 1.29 is 9.53 Å². The van der Waals surface area contributed by atoms with Crippen LogP contribution in [0.25, 0.3) is 0 Å². The first-order valence-electron chi connectivity index (χ1n) is 8.11. The molecule has 2 rings (SSSR count). The third-order valence-electron chi connectivity index (χ3n) is 4.75. The van der Waals surface area contributed by atoms with Crippen LogP contribution in [-0.2, 0) is 9.53 Å². The Hall–Kier alpha value is -0.610. The Morgan fingerprint density at radius 3 is 2.55 bits per heavy atom. The van der Waals surface area contributed by atoms with Gasteiger partial charge >= 0.3 is 0 Å². The van der Waals surface area contributed by atoms with Gasteiger partial charge in [-0.25, -0.2) is 0 Å². The molecule has 1 unspecified atom stereocenters. The molecule has 116 valence electrons. The number of methoxy groups -OCH3 is 1. The largest absolute Gasteiger partial charge is 0.377 e. The Bertz CT molecular complexity index is 324. The lowest BCUT2D eigenvalue weighted by molar-refractivity contribution is -0.127. The maximum absolute atomic E-state index is 12.5. The van der Waals surface area contributed by atoms with Crippen LogP contribution in [0, 0.1) is 0 Å². The van der Waals surface area contributed by atoms with E-state index in [1.54, 1.807) is 7.11 Å². The van der Waals surface area contributed by atoms with Gasteiger partial charge < -0.3 is 10.1 Å². The Balaban J connectivity index is 1.87. The SMILES string of the molecule is COC(C)(C)CN1CCCC1C(=O)NC1CCCCC1. The zero-order valence-electron chi connectivity index (χ0n) is 13.3. The summed E-state index contributed by atoms with van der Waals surface area (Å²) in [6.45, 7) is 6.00. The average Bonchev–Trinajstić information content (AvgIpc) is 2.87. The van der Waals surface area contributed by atoms with Gasteiger partial charge in [-0.05, 0) is 46.1 Å². The summed E-state index contributed by atoms with van der Waals surface area (Å²) in [6, 6.07) is 0.459. The fourth-order valence-electron chi connectivity index (χ4n) is 3.41. The fourth-order valence-corrected chi connectivity index (χ4v) is 3.41. The van der Waals surface area contributed by atoms with Crippen LogP contribution in [0.5, 0.6) is 0 Å². The molecule has 1 saturated carbocycles. The first-order valence-corrected chi connectivity index (χ1v) is 8.11. The molecule has 1 aliphatic heterocycles. The smallest absolute Gasteiger partial charge is 0.237 e. The second-order valence-electron chi connectivity index (χ2n) is 6.94. The highest BCUT2D eigenvalue weighted by atomic mass is 16.5. The molecular weight excluding hydrogens is 252 g/mol. The lowest BCUT2D eigenvalue weighted by atomic mass is 9.95. The molecule has 1 heterocycles. The van der Waals surface area contributed by atoms with Gasteiger partial charge in [0.15, 0.2) is 0 Å². The van der Waals surface area contributed by atoms with Crippen molar-refractivity contribution in [2.45, 2.75) is 76.5 Å². The van der Waals surface area contributed by atoms with Crippen molar-refractivity contribution in [2.75, 3.05) is 20.2 Å². The lowest BCUT2D eigenvalue weighted by Crippen LogP contribution is -2.50. The summed E-state index contributed by atoms with van der Waals surface area (Å²) in [5.41, 5.74) is -0.187. The van der Waals surface area contributed by atoms with E-state index in [9.17, 15) is 4.79 Å². The van der Waals surface area contributed by atoms with Crippen molar-refractivity contribution >= 4 is 5.91 Å². The molecule has 0 aromatic heterocycles. The molecule has 4 heteroatoms. The van der Waals surface area contributed by atoms with E-state index >= 15 is 0 Å². The first kappa shape index (κ1) is 15.8. The Labute approximate surface area is 123 Å². The number of ether oxygens (including phenoxy) is 1. The topological polar surface area (TPSA) is 41.6 Å². The predicted octanol–water partition coefficient (Wildman–Crippen LogP) is 2.32. The average molecular weight is 282 g/mol. The van der Waals surface area contributed by atoms with E-state index in [1.807, 2.05) is 0 Å². The van der Waals surface area contributed by atoms with Gasteiger partial charge in [0.1, 0.15) is 0 Å². The van der Waals surface area contributed by atoms with Gasteiger partial charge in [0, 0.05) is 19.7 Å². The molecule has 2 fully saturated rings. The molecule has 1 atom stereocenters. The highest BCUT2D eigenvalue weighted by Crippen LogP contribution is 2.23. The van der Waals surface area contributed by atoms with E-state index in [0.717, 1.165) is 38.8 Å². The maximum Gasteiger partial charge on any atom is 0.237 e. The van der Waals surface area contributed by atoms with Gasteiger partial charge in [-0.3, -0.25) is 9.69 Å². The number of nitrogens with zero attached hydrogens (tertiary/aromatic N) is 1. The predicted molar refractivity (Wildman–Crippen MR) is 80.7 cm³/mol. The zero-order chi connectivity index (χ0) is 14.6. The Kier molecular flexibility index (Phi) is 5.44. The second kappa shape index (κ2) is 6.90. The minimum atomic E-state index is -0.187. The summed E-state index contributed by atoms with van der Waals surface area (Å²) in [5, 5.41) is 3.27. The molecule has 20 heavy (non-hydrogen) atoms. The number of likely N-dealkylation sites (tertiary alicyclic amines) is 1. The number of nitrogens with one attached hydrogen (secondary N) is 1. The molecule has 1 amide bonds. The van der Waals surface area contributed by atoms with E-state index in [-0.39, 0.29) is 17.6 Å². The van der Waals surface area contributed by atoms with Crippen LogP contribution in [0.15, 0.2) is 0 Å². The van der Waals surface area contributed by atoms with Crippen molar-refractivity contribution in [1.29, 1.82) is 0 Å². The van der Waals surface area contributed by atoms with Gasteiger partial charge in [0.2, 0.25) is 5.91 Å². The zero-order valence-corrected chi connectivity index (χ0v) is 13.3. The van der Waals surface area contributed by atoms with Crippen LogP contribution in [-0.4, -0.2) is 48.7 Å². The molecule has 0 spiro atoms. The monoisotopic (exact) mass is 282 g/mol. The molecule has 2 aliphatic rings. The van der Waals surface area contributed by atoms with Crippen LogP contribution < -0.4 is 5.32 Å². The Morgan fingerprint density at radius 2 is 1.90 bits per heavy atom. The third-order valence-corrected chi connectivity index (χ3v) is 4.75. The first-order chi connectivity index (χ1) is 9.52. The number of carbonyl (C=O) groups excluding carboxylic acids is 1. The maximum atomic E-state index is 12.5. The van der Waals surface area contributed by atoms with Gasteiger partial charge in [-0.15, -0.1) is 0 Å². The van der Waals surface area contributed by atoms with Crippen LogP contribution in [0.2, 0.25) is 0 Å². The molecule has 1 saturated heterocycles. The molecule has 1 aliphatic carbocycles. The van der Waals surface area contributed by atoms with Crippen molar-refractivity contribution in [2.24, 2.45) is 0 Å². The van der Waals surface area contributed by atoms with E-state index in [1.165, 1.54) is 19.3 Å². The van der Waals surface area contributed by atoms with Gasteiger partial charge in [-0.1, -0.05) is 19.3 Å². The van der Waals surface area contributed by atoms with E-state index < -0.39 is 0 Å². The molecule has 0 aromatic rings. The number of carbonyl (C=O) groups is 1. The molecule has 4 nitrogen and oxygen atoms in total. The minimum Gasteiger partial charge on any atom is -0.377 e. The molecular formula is C16H30N2O2. The van der Waals surface area contributed by atoms with Gasteiger partial charge in [0.05, 0.1) is 11.6 Å². The minimum absolute atomic E-state index is 0.0475. The summed E-state index contributed by atoms with van der Waals surface area (Å²) in [7, 11) is 1.74. The number of rotatable bonds is 5. The number of hydrogen-bond donors (Lipinski definition) is 1.